The van der Waals surface area contributed by atoms with E-state index in [4.69, 9.17) is 0 Å². The Kier molecular flexibility index (Phi) is 4.22. The Morgan fingerprint density at radius 2 is 2.15 bits per heavy atom. The molecule has 1 N–H and O–H groups in total. The molecule has 132 valence electrons. The van der Waals surface area contributed by atoms with E-state index < -0.39 is 5.97 Å². The van der Waals surface area contributed by atoms with Crippen molar-refractivity contribution in [2.24, 2.45) is 7.05 Å². The third-order valence-corrected chi connectivity index (χ3v) is 4.75. The van der Waals surface area contributed by atoms with Gasteiger partial charge in [-0.2, -0.15) is 5.10 Å². The van der Waals surface area contributed by atoms with Gasteiger partial charge in [0.2, 0.25) is 0 Å². The van der Waals surface area contributed by atoms with Gasteiger partial charge in [0, 0.05) is 51.5 Å². The number of aryl methyl sites for hydroxylation is 1. The lowest BCUT2D eigenvalue weighted by Crippen LogP contribution is -2.31. The van der Waals surface area contributed by atoms with Gasteiger partial charge in [0.25, 0.3) is 0 Å². The van der Waals surface area contributed by atoms with Crippen LogP contribution in [0.25, 0.3) is 11.4 Å². The summed E-state index contributed by atoms with van der Waals surface area (Å²) >= 11 is 0. The van der Waals surface area contributed by atoms with Gasteiger partial charge in [-0.15, -0.1) is 0 Å². The summed E-state index contributed by atoms with van der Waals surface area (Å²) in [6, 6.07) is 5.77. The Morgan fingerprint density at radius 1 is 1.27 bits per heavy atom. The monoisotopic (exact) mass is 349 g/mol. The first-order valence-corrected chi connectivity index (χ1v) is 8.47. The summed E-state index contributed by atoms with van der Waals surface area (Å²) in [7, 11) is 1.79. The molecule has 0 aromatic carbocycles. The van der Waals surface area contributed by atoms with Crippen LogP contribution in [0.1, 0.15) is 27.0 Å². The molecule has 26 heavy (non-hydrogen) atoms. The molecule has 4 rings (SSSR count). The fourth-order valence-corrected chi connectivity index (χ4v) is 3.52. The quantitative estimate of drug-likeness (QED) is 0.777. The van der Waals surface area contributed by atoms with Crippen molar-refractivity contribution >= 4 is 5.97 Å². The molecule has 0 atom stereocenters. The molecule has 7 heteroatoms. The van der Waals surface area contributed by atoms with Crippen LogP contribution in [0.2, 0.25) is 0 Å². The molecule has 1 aliphatic heterocycles. The van der Waals surface area contributed by atoms with Gasteiger partial charge < -0.3 is 5.11 Å². The normalized spacial score (nSPS) is 14.2. The van der Waals surface area contributed by atoms with Gasteiger partial charge in [-0.25, -0.2) is 4.79 Å². The first kappa shape index (κ1) is 16.4. The predicted octanol–water partition coefficient (Wildman–Crippen LogP) is 2.13. The van der Waals surface area contributed by atoms with Crippen molar-refractivity contribution in [2.45, 2.75) is 19.5 Å². The van der Waals surface area contributed by atoms with Crippen molar-refractivity contribution in [1.29, 1.82) is 0 Å². The largest absolute Gasteiger partial charge is 0.478 e. The van der Waals surface area contributed by atoms with E-state index in [1.54, 1.807) is 36.4 Å². The average molecular weight is 349 g/mol. The van der Waals surface area contributed by atoms with Crippen LogP contribution in [0, 0.1) is 0 Å². The van der Waals surface area contributed by atoms with E-state index in [0.717, 1.165) is 29.8 Å². The molecule has 0 amide bonds. The number of hydrogen-bond acceptors (Lipinski definition) is 5. The minimum absolute atomic E-state index is 0.298. The summed E-state index contributed by atoms with van der Waals surface area (Å²) in [4.78, 5) is 22.9. The minimum Gasteiger partial charge on any atom is -0.478 e. The van der Waals surface area contributed by atoms with Crippen LogP contribution in [0.4, 0.5) is 0 Å². The Balaban J connectivity index is 1.68. The van der Waals surface area contributed by atoms with Crippen molar-refractivity contribution < 1.29 is 9.90 Å². The molecule has 0 radical (unpaired) electrons. The molecule has 0 unspecified atom stereocenters. The molecular weight excluding hydrogens is 330 g/mol. The zero-order valence-corrected chi connectivity index (χ0v) is 14.5. The highest BCUT2D eigenvalue weighted by Crippen LogP contribution is 2.30. The number of carboxylic acids is 1. The van der Waals surface area contributed by atoms with Crippen LogP contribution >= 0.6 is 0 Å². The van der Waals surface area contributed by atoms with Gasteiger partial charge in [0.1, 0.15) is 5.69 Å². The minimum atomic E-state index is -0.939. The topological polar surface area (TPSA) is 84.1 Å². The van der Waals surface area contributed by atoms with Gasteiger partial charge in [0.15, 0.2) is 0 Å². The first-order valence-electron chi connectivity index (χ1n) is 8.47. The van der Waals surface area contributed by atoms with E-state index in [1.165, 1.54) is 0 Å². The van der Waals surface area contributed by atoms with Crippen LogP contribution < -0.4 is 0 Å². The van der Waals surface area contributed by atoms with Gasteiger partial charge in [0.05, 0.1) is 11.3 Å². The number of hydrogen-bond donors (Lipinski definition) is 1. The van der Waals surface area contributed by atoms with Crippen molar-refractivity contribution in [1.82, 2.24) is 24.6 Å². The number of pyridine rings is 2. The standard InChI is InChI=1S/C19H19N5O2/c1-23-16(4-7-22-23)18-17(19(25)26)15-5-8-24(12-14(15)10-21-18)11-13-3-2-6-20-9-13/h2-4,6-7,9-10H,5,8,11-12H2,1H3,(H,25,26). The van der Waals surface area contributed by atoms with Crippen molar-refractivity contribution in [3.8, 4) is 11.4 Å². The lowest BCUT2D eigenvalue weighted by atomic mass is 9.93. The fourth-order valence-electron chi connectivity index (χ4n) is 3.52. The van der Waals surface area contributed by atoms with E-state index in [1.807, 2.05) is 12.3 Å². The number of aromatic nitrogens is 4. The second-order valence-corrected chi connectivity index (χ2v) is 6.45. The molecule has 0 bridgehead atoms. The van der Waals surface area contributed by atoms with Crippen LogP contribution in [-0.4, -0.2) is 42.3 Å². The van der Waals surface area contributed by atoms with Gasteiger partial charge in [-0.3, -0.25) is 19.5 Å². The summed E-state index contributed by atoms with van der Waals surface area (Å²) < 4.78 is 1.65. The van der Waals surface area contributed by atoms with Gasteiger partial charge in [-0.05, 0) is 35.2 Å². The highest BCUT2D eigenvalue weighted by molar-refractivity contribution is 5.96. The molecule has 3 aromatic rings. The maximum absolute atomic E-state index is 12.0. The van der Waals surface area contributed by atoms with E-state index in [-0.39, 0.29) is 0 Å². The molecule has 0 aliphatic carbocycles. The lowest BCUT2D eigenvalue weighted by Gasteiger charge is -2.29. The van der Waals surface area contributed by atoms with E-state index in [9.17, 15) is 9.90 Å². The second kappa shape index (κ2) is 6.68. The van der Waals surface area contributed by atoms with Crippen molar-refractivity contribution in [2.75, 3.05) is 6.54 Å². The SMILES string of the molecule is Cn1nccc1-c1ncc2c(c1C(=O)O)CCN(Cc1cccnc1)C2. The Morgan fingerprint density at radius 3 is 2.85 bits per heavy atom. The Labute approximate surface area is 150 Å². The maximum atomic E-state index is 12.0. The van der Waals surface area contributed by atoms with Gasteiger partial charge >= 0.3 is 5.97 Å². The average Bonchev–Trinajstić information content (AvgIpc) is 3.07. The maximum Gasteiger partial charge on any atom is 0.338 e. The number of nitrogens with zero attached hydrogens (tertiary/aromatic N) is 5. The summed E-state index contributed by atoms with van der Waals surface area (Å²) in [5.74, 6) is -0.939. The van der Waals surface area contributed by atoms with Crippen LogP contribution in [-0.2, 0) is 26.6 Å². The Bertz CT molecular complexity index is 952. The smallest absolute Gasteiger partial charge is 0.338 e. The number of fused-ring (bicyclic) bond motifs is 1. The predicted molar refractivity (Wildman–Crippen MR) is 95.5 cm³/mol. The highest BCUT2D eigenvalue weighted by atomic mass is 16.4. The molecule has 0 saturated carbocycles. The highest BCUT2D eigenvalue weighted by Gasteiger charge is 2.26. The molecular formula is C19H19N5O2. The van der Waals surface area contributed by atoms with E-state index in [2.05, 4.69) is 26.0 Å². The summed E-state index contributed by atoms with van der Waals surface area (Å²) in [5.41, 5.74) is 4.50. The van der Waals surface area contributed by atoms with Crippen LogP contribution in [0.5, 0.6) is 0 Å². The third-order valence-electron chi connectivity index (χ3n) is 4.75. The van der Waals surface area contributed by atoms with E-state index in [0.29, 0.717) is 29.9 Å². The van der Waals surface area contributed by atoms with Crippen molar-refractivity contribution in [3.05, 3.63) is 65.2 Å². The molecule has 0 saturated heterocycles. The molecule has 1 aliphatic rings. The molecule has 7 nitrogen and oxygen atoms in total. The second-order valence-electron chi connectivity index (χ2n) is 6.45. The number of carbonyl (C=O) groups is 1. The van der Waals surface area contributed by atoms with Crippen molar-refractivity contribution in [3.63, 3.8) is 0 Å². The number of aromatic carboxylic acids is 1. The Hall–Kier alpha value is -3.06. The first-order chi connectivity index (χ1) is 12.6. The number of carboxylic acid groups (broad SMARTS) is 1. The fraction of sp³-hybridized carbons (Fsp3) is 0.263. The van der Waals surface area contributed by atoms with Gasteiger partial charge in [-0.1, -0.05) is 6.07 Å². The summed E-state index contributed by atoms with van der Waals surface area (Å²) in [6.07, 6.45) is 7.77. The third kappa shape index (κ3) is 2.97. The number of rotatable bonds is 4. The zero-order chi connectivity index (χ0) is 18.1. The zero-order valence-electron chi connectivity index (χ0n) is 14.5. The summed E-state index contributed by atoms with van der Waals surface area (Å²) in [5, 5.41) is 14.0. The molecule has 3 aromatic heterocycles. The van der Waals surface area contributed by atoms with Crippen LogP contribution in [0.15, 0.2) is 43.0 Å². The molecule has 4 heterocycles. The molecule has 0 spiro atoms. The summed E-state index contributed by atoms with van der Waals surface area (Å²) in [6.45, 7) is 2.28. The molecule has 0 fully saturated rings. The van der Waals surface area contributed by atoms with Crippen LogP contribution in [0.3, 0.4) is 0 Å². The lowest BCUT2D eigenvalue weighted by molar-refractivity contribution is 0.0695. The van der Waals surface area contributed by atoms with E-state index >= 15 is 0 Å².